The van der Waals surface area contributed by atoms with Crippen LogP contribution in [0.2, 0.25) is 0 Å². The number of nitrogens with one attached hydrogen (secondary N) is 1. The maximum atomic E-state index is 12.3. The van der Waals surface area contributed by atoms with Crippen LogP contribution in [0, 0.1) is 12.8 Å². The number of carbonyl (C=O) groups is 1. The van der Waals surface area contributed by atoms with Gasteiger partial charge >= 0.3 is 0 Å². The fourth-order valence-electron chi connectivity index (χ4n) is 2.47. The Labute approximate surface area is 117 Å². The third-order valence-corrected chi connectivity index (χ3v) is 4.12. The quantitative estimate of drug-likeness (QED) is 0.845. The number of alkyl halides is 1. The first-order valence-corrected chi connectivity index (χ1v) is 7.05. The summed E-state index contributed by atoms with van der Waals surface area (Å²) in [6.45, 7) is 5.14. The molecule has 1 atom stereocenters. The van der Waals surface area contributed by atoms with E-state index in [4.69, 9.17) is 11.6 Å². The summed E-state index contributed by atoms with van der Waals surface area (Å²) in [5.74, 6) is 0.281. The number of amides is 1. The molecule has 0 saturated carbocycles. The molecule has 0 aliphatic carbocycles. The number of piperidine rings is 1. The van der Waals surface area contributed by atoms with Crippen molar-refractivity contribution in [3.05, 3.63) is 33.7 Å². The minimum atomic E-state index is -0.214. The minimum absolute atomic E-state index is 0.139. The van der Waals surface area contributed by atoms with Gasteiger partial charge in [0, 0.05) is 36.4 Å². The van der Waals surface area contributed by atoms with Gasteiger partial charge in [0.2, 0.25) is 0 Å². The fourth-order valence-corrected chi connectivity index (χ4v) is 2.72. The zero-order valence-electron chi connectivity index (χ0n) is 11.3. The average molecular weight is 283 g/mol. The highest BCUT2D eigenvalue weighted by molar-refractivity contribution is 6.20. The molecule has 1 aromatic rings. The Kier molecular flexibility index (Phi) is 4.30. The van der Waals surface area contributed by atoms with Crippen molar-refractivity contribution in [2.75, 3.05) is 13.1 Å². The van der Waals surface area contributed by atoms with Crippen LogP contribution in [0.4, 0.5) is 0 Å². The molecule has 2 rings (SSSR count). The van der Waals surface area contributed by atoms with Gasteiger partial charge in [-0.05, 0) is 32.6 Å². The van der Waals surface area contributed by atoms with Crippen molar-refractivity contribution < 1.29 is 4.79 Å². The molecular formula is C14H19ClN2O2. The molecule has 1 N–H and O–H groups in total. The van der Waals surface area contributed by atoms with Crippen LogP contribution in [0.1, 0.15) is 35.8 Å². The molecular weight excluding hydrogens is 264 g/mol. The minimum Gasteiger partial charge on any atom is -0.364 e. The van der Waals surface area contributed by atoms with Crippen molar-refractivity contribution >= 4 is 17.5 Å². The molecule has 2 heterocycles. The van der Waals surface area contributed by atoms with Gasteiger partial charge in [-0.15, -0.1) is 11.6 Å². The maximum absolute atomic E-state index is 12.3. The van der Waals surface area contributed by atoms with E-state index in [1.165, 1.54) is 12.3 Å². The molecule has 5 heteroatoms. The molecule has 1 saturated heterocycles. The van der Waals surface area contributed by atoms with Gasteiger partial charge in [-0.2, -0.15) is 0 Å². The number of nitrogens with zero attached hydrogens (tertiary/aromatic N) is 1. The molecule has 4 nitrogen and oxygen atoms in total. The number of H-pyrrole nitrogens is 1. The molecule has 1 aliphatic rings. The highest BCUT2D eigenvalue weighted by atomic mass is 35.5. The molecule has 1 unspecified atom stereocenters. The van der Waals surface area contributed by atoms with Crippen LogP contribution in [0.5, 0.6) is 0 Å². The lowest BCUT2D eigenvalue weighted by molar-refractivity contribution is 0.0688. The highest BCUT2D eigenvalue weighted by Gasteiger charge is 2.26. The second kappa shape index (κ2) is 5.78. The van der Waals surface area contributed by atoms with E-state index in [2.05, 4.69) is 4.98 Å². The zero-order chi connectivity index (χ0) is 14.0. The van der Waals surface area contributed by atoms with Gasteiger partial charge in [-0.25, -0.2) is 0 Å². The molecule has 1 aliphatic heterocycles. The molecule has 104 valence electrons. The Hall–Kier alpha value is -1.29. The average Bonchev–Trinajstić information content (AvgIpc) is 2.38. The highest BCUT2D eigenvalue weighted by Crippen LogP contribution is 2.24. The van der Waals surface area contributed by atoms with Gasteiger partial charge < -0.3 is 9.88 Å². The van der Waals surface area contributed by atoms with Crippen molar-refractivity contribution in [2.45, 2.75) is 32.1 Å². The molecule has 1 amide bonds. The van der Waals surface area contributed by atoms with Crippen molar-refractivity contribution in [3.63, 3.8) is 0 Å². The largest absolute Gasteiger partial charge is 0.364 e. The van der Waals surface area contributed by atoms with E-state index in [0.717, 1.165) is 18.5 Å². The van der Waals surface area contributed by atoms with E-state index >= 15 is 0 Å². The van der Waals surface area contributed by atoms with Crippen molar-refractivity contribution in [1.82, 2.24) is 9.88 Å². The third-order valence-electron chi connectivity index (χ3n) is 3.76. The Bertz CT molecular complexity index is 516. The monoisotopic (exact) mass is 282 g/mol. The predicted octanol–water partition coefficient (Wildman–Crippen LogP) is 2.16. The number of aromatic amines is 1. The van der Waals surface area contributed by atoms with Crippen molar-refractivity contribution in [2.24, 2.45) is 5.92 Å². The SMILES string of the molecule is Cc1cc(=O)c(C(=O)N2CCC(C(C)Cl)CC2)c[nH]1. The van der Waals surface area contributed by atoms with Gasteiger partial charge in [0.15, 0.2) is 5.43 Å². The first-order chi connectivity index (χ1) is 8.99. The predicted molar refractivity (Wildman–Crippen MR) is 75.7 cm³/mol. The molecule has 0 aromatic carbocycles. The number of likely N-dealkylation sites (tertiary alicyclic amines) is 1. The first-order valence-electron chi connectivity index (χ1n) is 6.61. The normalized spacial score (nSPS) is 18.4. The van der Waals surface area contributed by atoms with Crippen molar-refractivity contribution in [1.29, 1.82) is 0 Å². The maximum Gasteiger partial charge on any atom is 0.259 e. The number of aryl methyl sites for hydroxylation is 1. The van der Waals surface area contributed by atoms with E-state index in [1.54, 1.807) is 11.8 Å². The van der Waals surface area contributed by atoms with E-state index < -0.39 is 0 Å². The molecule has 0 spiro atoms. The number of hydrogen-bond acceptors (Lipinski definition) is 2. The lowest BCUT2D eigenvalue weighted by atomic mass is 9.93. The van der Waals surface area contributed by atoms with E-state index in [0.29, 0.717) is 19.0 Å². The molecule has 1 aromatic heterocycles. The van der Waals surface area contributed by atoms with Gasteiger partial charge in [0.05, 0.1) is 0 Å². The van der Waals surface area contributed by atoms with Crippen LogP contribution in [0.15, 0.2) is 17.1 Å². The second-order valence-electron chi connectivity index (χ2n) is 5.20. The molecule has 19 heavy (non-hydrogen) atoms. The van der Waals surface area contributed by atoms with Crippen molar-refractivity contribution in [3.8, 4) is 0 Å². The van der Waals surface area contributed by atoms with Crippen LogP contribution in [-0.4, -0.2) is 34.3 Å². The second-order valence-corrected chi connectivity index (χ2v) is 5.89. The Balaban J connectivity index is 2.07. The number of carbonyl (C=O) groups excluding carboxylic acids is 1. The van der Waals surface area contributed by atoms with Crippen LogP contribution < -0.4 is 5.43 Å². The lowest BCUT2D eigenvalue weighted by Crippen LogP contribution is -2.41. The van der Waals surface area contributed by atoms with Gasteiger partial charge in [0.1, 0.15) is 5.56 Å². The zero-order valence-corrected chi connectivity index (χ0v) is 12.0. The Morgan fingerprint density at radius 1 is 1.47 bits per heavy atom. The van der Waals surface area contributed by atoms with Crippen LogP contribution >= 0.6 is 11.6 Å². The van der Waals surface area contributed by atoms with E-state index in [-0.39, 0.29) is 22.3 Å². The molecule has 1 fully saturated rings. The summed E-state index contributed by atoms with van der Waals surface area (Å²) in [7, 11) is 0. The van der Waals surface area contributed by atoms with Gasteiger partial charge in [-0.1, -0.05) is 0 Å². The molecule has 0 bridgehead atoms. The Morgan fingerprint density at radius 2 is 2.11 bits per heavy atom. The summed E-state index contributed by atoms with van der Waals surface area (Å²) in [5.41, 5.74) is 0.772. The number of aromatic nitrogens is 1. The van der Waals surface area contributed by atoms with E-state index in [9.17, 15) is 9.59 Å². The summed E-state index contributed by atoms with van der Waals surface area (Å²) < 4.78 is 0. The summed E-state index contributed by atoms with van der Waals surface area (Å²) in [4.78, 5) is 28.8. The summed E-state index contributed by atoms with van der Waals surface area (Å²) >= 11 is 6.09. The Morgan fingerprint density at radius 3 is 2.63 bits per heavy atom. The van der Waals surface area contributed by atoms with Gasteiger partial charge in [0.25, 0.3) is 5.91 Å². The van der Waals surface area contributed by atoms with Crippen LogP contribution in [-0.2, 0) is 0 Å². The number of hydrogen-bond donors (Lipinski definition) is 1. The number of rotatable bonds is 2. The summed E-state index contributed by atoms with van der Waals surface area (Å²) in [5, 5.41) is 0.139. The first kappa shape index (κ1) is 14.1. The lowest BCUT2D eigenvalue weighted by Gasteiger charge is -2.33. The van der Waals surface area contributed by atoms with E-state index in [1.807, 2.05) is 6.92 Å². The number of pyridine rings is 1. The smallest absolute Gasteiger partial charge is 0.259 e. The molecule has 0 radical (unpaired) electrons. The standard InChI is InChI=1S/C14H19ClN2O2/c1-9-7-13(18)12(8-16-9)14(19)17-5-3-11(4-6-17)10(2)15/h7-8,10-11H,3-6H2,1-2H3,(H,16,18). The van der Waals surface area contributed by atoms with Gasteiger partial charge in [-0.3, -0.25) is 9.59 Å². The van der Waals surface area contributed by atoms with Crippen LogP contribution in [0.3, 0.4) is 0 Å². The number of halogens is 1. The summed E-state index contributed by atoms with van der Waals surface area (Å²) in [6, 6.07) is 1.46. The van der Waals surface area contributed by atoms with Crippen LogP contribution in [0.25, 0.3) is 0 Å². The topological polar surface area (TPSA) is 53.2 Å². The third kappa shape index (κ3) is 3.18. The fraction of sp³-hybridized carbons (Fsp3) is 0.571. The summed E-state index contributed by atoms with van der Waals surface area (Å²) in [6.07, 6.45) is 3.32.